The largest absolute Gasteiger partial charge is 0.234 e. The van der Waals surface area contributed by atoms with Gasteiger partial charge in [-0.25, -0.2) is 9.79 Å². The fraction of sp³-hybridized carbons (Fsp3) is 0.286. The van der Waals surface area contributed by atoms with E-state index in [9.17, 15) is 4.79 Å². The summed E-state index contributed by atoms with van der Waals surface area (Å²) in [5.41, 5.74) is 1.24. The van der Waals surface area contributed by atoms with E-state index in [0.29, 0.717) is 6.54 Å². The van der Waals surface area contributed by atoms with E-state index in [-0.39, 0.29) is 0 Å². The third kappa shape index (κ3) is 2.13. The first-order valence-corrected chi connectivity index (χ1v) is 3.92. The molecule has 0 spiro atoms. The zero-order valence-electron chi connectivity index (χ0n) is 5.41. The normalized spacial score (nSPS) is 8.80. The van der Waals surface area contributed by atoms with Gasteiger partial charge in [0.05, 0.1) is 6.54 Å². The van der Waals surface area contributed by atoms with E-state index in [1.54, 1.807) is 11.3 Å². The second-order valence-electron chi connectivity index (χ2n) is 1.85. The van der Waals surface area contributed by atoms with Crippen molar-refractivity contribution in [2.45, 2.75) is 6.42 Å². The highest BCUT2D eigenvalue weighted by Gasteiger charge is 1.89. The molecule has 0 aliphatic heterocycles. The molecule has 0 aliphatic rings. The smallest absolute Gasteiger partial charge is 0.211 e. The minimum absolute atomic E-state index is 0.556. The Labute approximate surface area is 63.2 Å². The summed E-state index contributed by atoms with van der Waals surface area (Å²) >= 11 is 1.66. The molecule has 0 fully saturated rings. The molecule has 0 N–H and O–H groups in total. The van der Waals surface area contributed by atoms with Gasteiger partial charge in [-0.2, -0.15) is 11.3 Å². The van der Waals surface area contributed by atoms with Crippen LogP contribution >= 0.6 is 11.3 Å². The lowest BCUT2D eigenvalue weighted by molar-refractivity contribution is 0.563. The van der Waals surface area contributed by atoms with Crippen molar-refractivity contribution in [1.29, 1.82) is 0 Å². The first kappa shape index (κ1) is 7.19. The zero-order valence-corrected chi connectivity index (χ0v) is 6.23. The Morgan fingerprint density at radius 2 is 2.60 bits per heavy atom. The van der Waals surface area contributed by atoms with E-state index >= 15 is 0 Å². The Morgan fingerprint density at radius 1 is 1.70 bits per heavy atom. The SMILES string of the molecule is O=C=NCCc1ccsc1. The maximum absolute atomic E-state index is 9.64. The van der Waals surface area contributed by atoms with E-state index < -0.39 is 0 Å². The van der Waals surface area contributed by atoms with Gasteiger partial charge in [0, 0.05) is 0 Å². The lowest BCUT2D eigenvalue weighted by atomic mass is 10.2. The lowest BCUT2D eigenvalue weighted by Gasteiger charge is -1.86. The maximum Gasteiger partial charge on any atom is 0.234 e. The highest BCUT2D eigenvalue weighted by atomic mass is 32.1. The van der Waals surface area contributed by atoms with Crippen molar-refractivity contribution in [3.8, 4) is 0 Å². The molecule has 1 aromatic heterocycles. The summed E-state index contributed by atoms with van der Waals surface area (Å²) in [6.45, 7) is 0.556. The second kappa shape index (κ2) is 3.99. The summed E-state index contributed by atoms with van der Waals surface area (Å²) in [5, 5.41) is 4.07. The number of rotatable bonds is 3. The van der Waals surface area contributed by atoms with Gasteiger partial charge in [-0.05, 0) is 28.8 Å². The zero-order chi connectivity index (χ0) is 7.23. The van der Waals surface area contributed by atoms with E-state index in [0.717, 1.165) is 6.42 Å². The number of nitrogens with zero attached hydrogens (tertiary/aromatic N) is 1. The molecule has 0 bridgehead atoms. The fourth-order valence-electron chi connectivity index (χ4n) is 0.666. The first-order chi connectivity index (χ1) is 4.93. The highest BCUT2D eigenvalue weighted by molar-refractivity contribution is 7.07. The first-order valence-electron chi connectivity index (χ1n) is 2.98. The molecule has 0 amide bonds. The number of aliphatic imine (C=N–C) groups is 1. The molecule has 3 heteroatoms. The van der Waals surface area contributed by atoms with Crippen molar-refractivity contribution in [2.75, 3.05) is 6.54 Å². The molecule has 1 rings (SSSR count). The predicted octanol–water partition coefficient (Wildman–Crippen LogP) is 1.63. The van der Waals surface area contributed by atoms with Crippen LogP contribution in [0, 0.1) is 0 Å². The van der Waals surface area contributed by atoms with Crippen LogP contribution < -0.4 is 0 Å². The molecular formula is C7H7NOS. The van der Waals surface area contributed by atoms with Gasteiger partial charge < -0.3 is 0 Å². The molecule has 0 radical (unpaired) electrons. The Balaban J connectivity index is 2.34. The number of hydrogen-bond donors (Lipinski definition) is 0. The van der Waals surface area contributed by atoms with E-state index in [1.165, 1.54) is 11.6 Å². The van der Waals surface area contributed by atoms with Crippen molar-refractivity contribution >= 4 is 17.4 Å². The third-order valence-electron chi connectivity index (χ3n) is 1.16. The van der Waals surface area contributed by atoms with Crippen LogP contribution in [0.1, 0.15) is 5.56 Å². The molecule has 0 unspecified atom stereocenters. The van der Waals surface area contributed by atoms with Crippen molar-refractivity contribution in [2.24, 2.45) is 4.99 Å². The van der Waals surface area contributed by atoms with Gasteiger partial charge >= 0.3 is 0 Å². The molecular weight excluding hydrogens is 146 g/mol. The van der Waals surface area contributed by atoms with Gasteiger partial charge in [-0.3, -0.25) is 0 Å². The maximum atomic E-state index is 9.64. The van der Waals surface area contributed by atoms with Crippen LogP contribution in [-0.4, -0.2) is 12.6 Å². The number of hydrogen-bond acceptors (Lipinski definition) is 3. The molecule has 2 nitrogen and oxygen atoms in total. The quantitative estimate of drug-likeness (QED) is 0.479. The summed E-state index contributed by atoms with van der Waals surface area (Å²) in [6, 6.07) is 2.03. The van der Waals surface area contributed by atoms with Gasteiger partial charge in [-0.15, -0.1) is 0 Å². The molecule has 0 saturated carbocycles. The van der Waals surface area contributed by atoms with Crippen molar-refractivity contribution < 1.29 is 4.79 Å². The van der Waals surface area contributed by atoms with E-state index in [4.69, 9.17) is 0 Å². The van der Waals surface area contributed by atoms with Crippen molar-refractivity contribution in [1.82, 2.24) is 0 Å². The molecule has 10 heavy (non-hydrogen) atoms. The number of carbonyl (C=O) groups excluding carboxylic acids is 1. The standard InChI is InChI=1S/C7H7NOS/c9-6-8-3-1-7-2-4-10-5-7/h2,4-5H,1,3H2. The van der Waals surface area contributed by atoms with Crippen LogP contribution in [0.3, 0.4) is 0 Å². The minimum atomic E-state index is 0.556. The van der Waals surface area contributed by atoms with Gasteiger partial charge in [0.25, 0.3) is 0 Å². The van der Waals surface area contributed by atoms with Crippen LogP contribution in [0.2, 0.25) is 0 Å². The summed E-state index contributed by atoms with van der Waals surface area (Å²) in [6.07, 6.45) is 2.35. The van der Waals surface area contributed by atoms with Gasteiger partial charge in [-0.1, -0.05) is 0 Å². The average Bonchev–Trinajstić information content (AvgIpc) is 2.41. The molecule has 0 aromatic carbocycles. The van der Waals surface area contributed by atoms with Crippen molar-refractivity contribution in [3.63, 3.8) is 0 Å². The average molecular weight is 153 g/mol. The number of thiophene rings is 1. The van der Waals surface area contributed by atoms with Crippen molar-refractivity contribution in [3.05, 3.63) is 22.4 Å². The third-order valence-corrected chi connectivity index (χ3v) is 1.89. The summed E-state index contributed by atoms with van der Waals surface area (Å²) < 4.78 is 0. The summed E-state index contributed by atoms with van der Waals surface area (Å²) in [4.78, 5) is 13.1. The minimum Gasteiger partial charge on any atom is -0.211 e. The number of isocyanates is 1. The van der Waals surface area contributed by atoms with Crippen LogP contribution in [0.25, 0.3) is 0 Å². The summed E-state index contributed by atoms with van der Waals surface area (Å²) in [7, 11) is 0. The van der Waals surface area contributed by atoms with Crippen LogP contribution in [0.4, 0.5) is 0 Å². The van der Waals surface area contributed by atoms with Gasteiger partial charge in [0.2, 0.25) is 6.08 Å². The molecule has 52 valence electrons. The molecule has 0 aliphatic carbocycles. The Hall–Kier alpha value is -0.920. The lowest BCUT2D eigenvalue weighted by Crippen LogP contribution is -1.84. The second-order valence-corrected chi connectivity index (χ2v) is 2.63. The Morgan fingerprint density at radius 3 is 3.20 bits per heavy atom. The molecule has 1 heterocycles. The highest BCUT2D eigenvalue weighted by Crippen LogP contribution is 2.05. The predicted molar refractivity (Wildman–Crippen MR) is 41.0 cm³/mol. The van der Waals surface area contributed by atoms with Crippen LogP contribution in [0.5, 0.6) is 0 Å². The topological polar surface area (TPSA) is 29.4 Å². The Bertz CT molecular complexity index is 224. The van der Waals surface area contributed by atoms with Gasteiger partial charge in [0.15, 0.2) is 0 Å². The molecule has 1 aromatic rings. The fourth-order valence-corrected chi connectivity index (χ4v) is 1.37. The van der Waals surface area contributed by atoms with E-state index in [2.05, 4.69) is 10.4 Å². The summed E-state index contributed by atoms with van der Waals surface area (Å²) in [5.74, 6) is 0. The van der Waals surface area contributed by atoms with Crippen LogP contribution in [-0.2, 0) is 11.2 Å². The van der Waals surface area contributed by atoms with E-state index in [1.807, 2.05) is 11.4 Å². The molecule has 0 atom stereocenters. The monoisotopic (exact) mass is 153 g/mol. The van der Waals surface area contributed by atoms with Gasteiger partial charge in [0.1, 0.15) is 0 Å². The van der Waals surface area contributed by atoms with Crippen LogP contribution in [0.15, 0.2) is 21.8 Å². The molecule has 0 saturated heterocycles. The Kier molecular flexibility index (Phi) is 2.87.